The lowest BCUT2D eigenvalue weighted by atomic mass is 9.87. The SMILES string of the molecule is CCOCCCN1C(=O)C(Nc2ccc(C(C)(C)C)cc2)=C(c2ccc([N+](=O)[O-])cc2)C1=O. The Bertz CT molecular complexity index is 1070. The Morgan fingerprint density at radius 2 is 1.64 bits per heavy atom. The molecule has 1 heterocycles. The van der Waals surface area contributed by atoms with Gasteiger partial charge in [0.2, 0.25) is 0 Å². The van der Waals surface area contributed by atoms with Crippen molar-refractivity contribution in [2.45, 2.75) is 39.5 Å². The lowest BCUT2D eigenvalue weighted by Crippen LogP contribution is -2.34. The van der Waals surface area contributed by atoms with Gasteiger partial charge in [0.05, 0.1) is 10.5 Å². The summed E-state index contributed by atoms with van der Waals surface area (Å²) in [6.07, 6.45) is 0.520. The highest BCUT2D eigenvalue weighted by molar-refractivity contribution is 6.36. The van der Waals surface area contributed by atoms with Crippen LogP contribution in [0.15, 0.2) is 54.2 Å². The summed E-state index contributed by atoms with van der Waals surface area (Å²) < 4.78 is 5.33. The van der Waals surface area contributed by atoms with Gasteiger partial charge in [0, 0.05) is 37.6 Å². The van der Waals surface area contributed by atoms with Crippen LogP contribution in [-0.2, 0) is 19.7 Å². The summed E-state index contributed by atoms with van der Waals surface area (Å²) in [7, 11) is 0. The number of non-ortho nitro benzene ring substituents is 1. The molecule has 3 rings (SSSR count). The highest BCUT2D eigenvalue weighted by atomic mass is 16.6. The zero-order chi connectivity index (χ0) is 24.2. The molecule has 1 aliphatic rings. The minimum absolute atomic E-state index is 0.0157. The summed E-state index contributed by atoms with van der Waals surface area (Å²) in [5.74, 6) is -0.857. The van der Waals surface area contributed by atoms with Crippen LogP contribution in [0.1, 0.15) is 45.2 Å². The van der Waals surface area contributed by atoms with E-state index in [0.717, 1.165) is 5.56 Å². The normalized spacial score (nSPS) is 14.2. The van der Waals surface area contributed by atoms with Crippen molar-refractivity contribution in [2.75, 3.05) is 25.1 Å². The summed E-state index contributed by atoms with van der Waals surface area (Å²) in [5, 5.41) is 14.1. The molecule has 0 saturated carbocycles. The lowest BCUT2D eigenvalue weighted by molar-refractivity contribution is -0.384. The van der Waals surface area contributed by atoms with Gasteiger partial charge in [-0.25, -0.2) is 0 Å². The van der Waals surface area contributed by atoms with E-state index in [-0.39, 0.29) is 28.9 Å². The average molecular weight is 452 g/mol. The lowest BCUT2D eigenvalue weighted by Gasteiger charge is -2.19. The van der Waals surface area contributed by atoms with Crippen LogP contribution >= 0.6 is 0 Å². The summed E-state index contributed by atoms with van der Waals surface area (Å²) >= 11 is 0. The van der Waals surface area contributed by atoms with Gasteiger partial charge < -0.3 is 10.1 Å². The molecule has 2 amide bonds. The van der Waals surface area contributed by atoms with E-state index in [1.54, 1.807) is 0 Å². The zero-order valence-electron chi connectivity index (χ0n) is 19.4. The molecule has 0 radical (unpaired) electrons. The van der Waals surface area contributed by atoms with E-state index < -0.39 is 16.7 Å². The van der Waals surface area contributed by atoms with Crippen molar-refractivity contribution in [1.82, 2.24) is 4.90 Å². The van der Waals surface area contributed by atoms with Crippen molar-refractivity contribution >= 4 is 28.8 Å². The number of nitro groups is 1. The number of hydrogen-bond donors (Lipinski definition) is 1. The molecule has 0 unspecified atom stereocenters. The summed E-state index contributed by atoms with van der Waals surface area (Å²) in [5.41, 5.74) is 2.52. The Balaban J connectivity index is 1.95. The Labute approximate surface area is 193 Å². The van der Waals surface area contributed by atoms with Crippen LogP contribution in [0.2, 0.25) is 0 Å². The minimum atomic E-state index is -0.504. The molecule has 1 N–H and O–H groups in total. The van der Waals surface area contributed by atoms with Gasteiger partial charge in [0.25, 0.3) is 17.5 Å². The Kier molecular flexibility index (Phi) is 7.28. The third kappa shape index (κ3) is 5.46. The molecule has 8 nitrogen and oxygen atoms in total. The van der Waals surface area contributed by atoms with Gasteiger partial charge in [0.1, 0.15) is 5.70 Å². The van der Waals surface area contributed by atoms with E-state index in [2.05, 4.69) is 26.1 Å². The van der Waals surface area contributed by atoms with Gasteiger partial charge in [-0.15, -0.1) is 0 Å². The quantitative estimate of drug-likeness (QED) is 0.260. The van der Waals surface area contributed by atoms with Gasteiger partial charge in [-0.3, -0.25) is 24.6 Å². The van der Waals surface area contributed by atoms with E-state index >= 15 is 0 Å². The second kappa shape index (κ2) is 9.95. The maximum Gasteiger partial charge on any atom is 0.278 e. The highest BCUT2D eigenvalue weighted by Crippen LogP contribution is 2.32. The van der Waals surface area contributed by atoms with E-state index in [1.165, 1.54) is 29.2 Å². The Morgan fingerprint density at radius 1 is 1.00 bits per heavy atom. The smallest absolute Gasteiger partial charge is 0.278 e. The van der Waals surface area contributed by atoms with Crippen LogP contribution in [0.25, 0.3) is 5.57 Å². The summed E-state index contributed by atoms with van der Waals surface area (Å²) in [4.78, 5) is 38.1. The molecule has 8 heteroatoms. The molecule has 1 aliphatic heterocycles. The fourth-order valence-corrected chi connectivity index (χ4v) is 3.58. The van der Waals surface area contributed by atoms with Gasteiger partial charge >= 0.3 is 0 Å². The number of carbonyl (C=O) groups excluding carboxylic acids is 2. The van der Waals surface area contributed by atoms with Crippen LogP contribution in [-0.4, -0.2) is 41.4 Å². The molecule has 0 saturated heterocycles. The predicted octanol–water partition coefficient (Wildman–Crippen LogP) is 4.51. The van der Waals surface area contributed by atoms with Crippen LogP contribution < -0.4 is 5.32 Å². The maximum atomic E-state index is 13.2. The first-order valence-corrected chi connectivity index (χ1v) is 10.9. The first kappa shape index (κ1) is 24.1. The third-order valence-electron chi connectivity index (χ3n) is 5.43. The van der Waals surface area contributed by atoms with E-state index in [4.69, 9.17) is 4.74 Å². The fourth-order valence-electron chi connectivity index (χ4n) is 3.58. The number of nitro benzene ring substituents is 1. The standard InChI is InChI=1S/C25H29N3O5/c1-5-33-16-6-15-27-23(29)21(17-7-13-20(14-8-17)28(31)32)22(24(27)30)26-19-11-9-18(10-12-19)25(2,3)4/h7-14,26H,5-6,15-16H2,1-4H3. The highest BCUT2D eigenvalue weighted by Gasteiger charge is 2.39. The number of benzene rings is 2. The van der Waals surface area contributed by atoms with Crippen LogP contribution in [0.4, 0.5) is 11.4 Å². The molecular weight excluding hydrogens is 422 g/mol. The Morgan fingerprint density at radius 3 is 2.18 bits per heavy atom. The molecular formula is C25H29N3O5. The number of rotatable bonds is 9. The molecule has 0 fully saturated rings. The molecule has 0 spiro atoms. The number of amides is 2. The van der Waals surface area contributed by atoms with Gasteiger partial charge in [-0.2, -0.15) is 0 Å². The number of imide groups is 1. The second-order valence-corrected chi connectivity index (χ2v) is 8.82. The maximum absolute atomic E-state index is 13.2. The molecule has 2 aromatic rings. The summed E-state index contributed by atoms with van der Waals surface area (Å²) in [6.45, 7) is 9.45. The predicted molar refractivity (Wildman–Crippen MR) is 127 cm³/mol. The van der Waals surface area contributed by atoms with Crippen molar-refractivity contribution in [1.29, 1.82) is 0 Å². The van der Waals surface area contributed by atoms with E-state index in [0.29, 0.717) is 30.9 Å². The van der Waals surface area contributed by atoms with Crippen molar-refractivity contribution in [3.63, 3.8) is 0 Å². The Hall–Kier alpha value is -3.52. The van der Waals surface area contributed by atoms with Crippen molar-refractivity contribution in [3.05, 3.63) is 75.5 Å². The largest absolute Gasteiger partial charge is 0.382 e. The number of carbonyl (C=O) groups is 2. The minimum Gasteiger partial charge on any atom is -0.382 e. The number of nitrogens with zero attached hydrogens (tertiary/aromatic N) is 2. The first-order valence-electron chi connectivity index (χ1n) is 10.9. The van der Waals surface area contributed by atoms with Crippen LogP contribution in [0, 0.1) is 10.1 Å². The molecule has 0 aliphatic carbocycles. The fraction of sp³-hybridized carbons (Fsp3) is 0.360. The van der Waals surface area contributed by atoms with E-state index in [9.17, 15) is 19.7 Å². The number of hydrogen-bond acceptors (Lipinski definition) is 6. The number of ether oxygens (including phenoxy) is 1. The second-order valence-electron chi connectivity index (χ2n) is 8.82. The topological polar surface area (TPSA) is 102 Å². The summed E-state index contributed by atoms with van der Waals surface area (Å²) in [6, 6.07) is 13.3. The van der Waals surface area contributed by atoms with Crippen molar-refractivity contribution < 1.29 is 19.2 Å². The molecule has 174 valence electrons. The van der Waals surface area contributed by atoms with Crippen molar-refractivity contribution in [3.8, 4) is 0 Å². The van der Waals surface area contributed by atoms with E-state index in [1.807, 2.05) is 31.2 Å². The van der Waals surface area contributed by atoms with Gasteiger partial charge in [0.15, 0.2) is 0 Å². The number of nitrogens with one attached hydrogen (secondary N) is 1. The molecule has 0 bridgehead atoms. The molecule has 33 heavy (non-hydrogen) atoms. The zero-order valence-corrected chi connectivity index (χ0v) is 19.4. The van der Waals surface area contributed by atoms with Gasteiger partial charge in [-0.05, 0) is 54.2 Å². The van der Waals surface area contributed by atoms with Crippen LogP contribution in [0.5, 0.6) is 0 Å². The van der Waals surface area contributed by atoms with Crippen LogP contribution in [0.3, 0.4) is 0 Å². The average Bonchev–Trinajstić information content (AvgIpc) is 3.00. The molecule has 0 atom stereocenters. The first-order chi connectivity index (χ1) is 15.6. The monoisotopic (exact) mass is 451 g/mol. The number of anilines is 1. The molecule has 0 aromatic heterocycles. The molecule has 2 aromatic carbocycles. The van der Waals surface area contributed by atoms with Crippen molar-refractivity contribution in [2.24, 2.45) is 0 Å². The third-order valence-corrected chi connectivity index (χ3v) is 5.43. The van der Waals surface area contributed by atoms with Gasteiger partial charge in [-0.1, -0.05) is 32.9 Å².